The van der Waals surface area contributed by atoms with Gasteiger partial charge in [0.05, 0.1) is 11.9 Å². The number of pyridine rings is 1. The second-order valence-corrected chi connectivity index (χ2v) is 7.36. The lowest BCUT2D eigenvalue weighted by atomic mass is 9.81. The zero-order chi connectivity index (χ0) is 16.8. The van der Waals surface area contributed by atoms with Gasteiger partial charge in [0.15, 0.2) is 0 Å². The summed E-state index contributed by atoms with van der Waals surface area (Å²) in [5, 5.41) is 1.21. The van der Waals surface area contributed by atoms with E-state index in [9.17, 15) is 0 Å². The van der Waals surface area contributed by atoms with Crippen molar-refractivity contribution in [1.29, 1.82) is 0 Å². The van der Waals surface area contributed by atoms with E-state index in [-0.39, 0.29) is 0 Å². The average molecular weight is 333 g/mol. The number of aromatic nitrogens is 2. The Bertz CT molecular complexity index is 876. The first-order valence-corrected chi connectivity index (χ1v) is 9.22. The third kappa shape index (κ3) is 2.61. The first-order valence-electron chi connectivity index (χ1n) is 9.22. The number of H-pyrrole nitrogens is 1. The van der Waals surface area contributed by atoms with Crippen molar-refractivity contribution < 1.29 is 4.74 Å². The number of hydrogen-bond donors (Lipinski definition) is 1. The molecule has 3 aliphatic rings. The molecule has 6 rings (SSSR count). The summed E-state index contributed by atoms with van der Waals surface area (Å²) in [6.45, 7) is 4.75. The molecule has 2 unspecified atom stereocenters. The Balaban J connectivity index is 1.36. The molecule has 0 spiro atoms. The van der Waals surface area contributed by atoms with Crippen molar-refractivity contribution in [2.45, 2.75) is 31.9 Å². The summed E-state index contributed by atoms with van der Waals surface area (Å²) >= 11 is 0. The molecule has 0 aliphatic carbocycles. The first-order chi connectivity index (χ1) is 12.3. The topological polar surface area (TPSA) is 41.1 Å². The van der Waals surface area contributed by atoms with Crippen molar-refractivity contribution in [2.75, 3.05) is 13.1 Å². The van der Waals surface area contributed by atoms with Gasteiger partial charge in [-0.05, 0) is 69.1 Å². The zero-order valence-corrected chi connectivity index (χ0v) is 14.5. The number of ether oxygens (including phenoxy) is 1. The van der Waals surface area contributed by atoms with Crippen LogP contribution >= 0.6 is 0 Å². The van der Waals surface area contributed by atoms with Crippen LogP contribution in [0.5, 0.6) is 5.75 Å². The molecule has 3 saturated heterocycles. The molecule has 1 N–H and O–H groups in total. The maximum Gasteiger partial charge on any atom is 0.138 e. The van der Waals surface area contributed by atoms with Crippen LogP contribution in [-0.4, -0.2) is 40.1 Å². The third-order valence-electron chi connectivity index (χ3n) is 5.95. The smallest absolute Gasteiger partial charge is 0.138 e. The minimum absolute atomic E-state index is 0.298. The lowest BCUT2D eigenvalue weighted by molar-refractivity contribution is -0.0508. The van der Waals surface area contributed by atoms with E-state index in [4.69, 9.17) is 4.74 Å². The summed E-state index contributed by atoms with van der Waals surface area (Å²) in [7, 11) is 0. The second-order valence-electron chi connectivity index (χ2n) is 7.36. The molecule has 2 bridgehead atoms. The summed E-state index contributed by atoms with van der Waals surface area (Å²) in [6, 6.07) is 13.1. The van der Waals surface area contributed by atoms with Crippen molar-refractivity contribution in [2.24, 2.45) is 5.92 Å². The molecule has 5 heterocycles. The average Bonchev–Trinajstić information content (AvgIpc) is 3.13. The molecule has 128 valence electrons. The van der Waals surface area contributed by atoms with Crippen molar-refractivity contribution in [1.82, 2.24) is 14.9 Å². The molecule has 1 aromatic carbocycles. The van der Waals surface area contributed by atoms with E-state index in [1.165, 1.54) is 31.3 Å². The molecule has 0 saturated carbocycles. The maximum absolute atomic E-state index is 6.34. The molecule has 4 nitrogen and oxygen atoms in total. The lowest BCUT2D eigenvalue weighted by Crippen LogP contribution is -2.58. The SMILES string of the molecule is CC1C(Oc2ccc(-c3ccc4[nH]ccc4c3)nc2)C2CCN1CC2. The molecule has 2 aromatic heterocycles. The van der Waals surface area contributed by atoms with Gasteiger partial charge in [-0.25, -0.2) is 0 Å². The molecule has 4 heteroatoms. The van der Waals surface area contributed by atoms with Gasteiger partial charge in [0.2, 0.25) is 0 Å². The van der Waals surface area contributed by atoms with Crippen LogP contribution < -0.4 is 4.74 Å². The molecule has 3 aliphatic heterocycles. The fraction of sp³-hybridized carbons (Fsp3) is 0.381. The van der Waals surface area contributed by atoms with Crippen molar-refractivity contribution in [3.63, 3.8) is 0 Å². The highest BCUT2D eigenvalue weighted by Gasteiger charge is 2.41. The quantitative estimate of drug-likeness (QED) is 0.785. The molecule has 3 aromatic rings. The minimum Gasteiger partial charge on any atom is -0.487 e. The molecular weight excluding hydrogens is 310 g/mol. The van der Waals surface area contributed by atoms with Crippen molar-refractivity contribution in [3.05, 3.63) is 48.8 Å². The fourth-order valence-electron chi connectivity index (χ4n) is 4.44. The Morgan fingerprint density at radius 3 is 2.76 bits per heavy atom. The number of aromatic amines is 1. The summed E-state index contributed by atoms with van der Waals surface area (Å²) < 4.78 is 6.34. The predicted octanol–water partition coefficient (Wildman–Crippen LogP) is 4.09. The summed E-state index contributed by atoms with van der Waals surface area (Å²) in [5.74, 6) is 1.58. The highest BCUT2D eigenvalue weighted by atomic mass is 16.5. The number of piperidine rings is 3. The van der Waals surface area contributed by atoms with Gasteiger partial charge in [0, 0.05) is 28.7 Å². The Morgan fingerprint density at radius 2 is 2.00 bits per heavy atom. The molecule has 2 atom stereocenters. The van der Waals surface area contributed by atoms with Crippen LogP contribution in [0.15, 0.2) is 48.8 Å². The maximum atomic E-state index is 6.34. The number of nitrogens with one attached hydrogen (secondary N) is 1. The fourth-order valence-corrected chi connectivity index (χ4v) is 4.44. The first kappa shape index (κ1) is 15.0. The van der Waals surface area contributed by atoms with Crippen LogP contribution in [0.25, 0.3) is 22.2 Å². The van der Waals surface area contributed by atoms with Gasteiger partial charge >= 0.3 is 0 Å². The van der Waals surface area contributed by atoms with E-state index in [1.54, 1.807) is 0 Å². The Labute approximate surface area is 147 Å². The van der Waals surface area contributed by atoms with E-state index >= 15 is 0 Å². The van der Waals surface area contributed by atoms with Gasteiger partial charge in [0.1, 0.15) is 11.9 Å². The predicted molar refractivity (Wildman–Crippen MR) is 99.7 cm³/mol. The largest absolute Gasteiger partial charge is 0.487 e. The normalized spacial score (nSPS) is 28.4. The zero-order valence-electron chi connectivity index (χ0n) is 14.5. The van der Waals surface area contributed by atoms with Crippen molar-refractivity contribution in [3.8, 4) is 17.0 Å². The van der Waals surface area contributed by atoms with Gasteiger partial charge in [-0.1, -0.05) is 6.07 Å². The van der Waals surface area contributed by atoms with E-state index in [0.717, 1.165) is 22.5 Å². The Morgan fingerprint density at radius 1 is 1.12 bits per heavy atom. The standard InChI is InChI=1S/C21H23N3O/c1-14-21(15-7-10-24(14)11-8-15)25-18-3-5-20(23-13-18)16-2-4-19-17(12-16)6-9-22-19/h2-6,9,12-15,21-22H,7-8,10-11H2,1H3. The van der Waals surface area contributed by atoms with Crippen LogP contribution in [0.3, 0.4) is 0 Å². The molecular formula is C21H23N3O. The molecule has 25 heavy (non-hydrogen) atoms. The number of benzene rings is 1. The van der Waals surface area contributed by atoms with Gasteiger partial charge in [-0.15, -0.1) is 0 Å². The minimum atomic E-state index is 0.298. The lowest BCUT2D eigenvalue weighted by Gasteiger charge is -2.49. The highest BCUT2D eigenvalue weighted by molar-refractivity contribution is 5.84. The van der Waals surface area contributed by atoms with Crippen LogP contribution in [-0.2, 0) is 0 Å². The Kier molecular flexibility index (Phi) is 3.52. The number of hydrogen-bond acceptors (Lipinski definition) is 3. The molecule has 0 radical (unpaired) electrons. The number of fused-ring (bicyclic) bond motifs is 4. The summed E-state index contributed by atoms with van der Waals surface area (Å²) in [4.78, 5) is 10.4. The van der Waals surface area contributed by atoms with Gasteiger partial charge in [-0.3, -0.25) is 9.88 Å². The van der Waals surface area contributed by atoms with Gasteiger partial charge in [0.25, 0.3) is 0 Å². The van der Waals surface area contributed by atoms with Crippen LogP contribution in [0.4, 0.5) is 0 Å². The number of rotatable bonds is 3. The van der Waals surface area contributed by atoms with Crippen LogP contribution in [0, 0.1) is 5.92 Å². The molecule has 0 amide bonds. The monoisotopic (exact) mass is 333 g/mol. The van der Waals surface area contributed by atoms with E-state index in [1.807, 2.05) is 12.4 Å². The second kappa shape index (κ2) is 5.88. The summed E-state index contributed by atoms with van der Waals surface area (Å²) in [6.07, 6.45) is 6.66. The van der Waals surface area contributed by atoms with Crippen LogP contribution in [0.1, 0.15) is 19.8 Å². The highest BCUT2D eigenvalue weighted by Crippen LogP contribution is 2.35. The van der Waals surface area contributed by atoms with Crippen LogP contribution in [0.2, 0.25) is 0 Å². The van der Waals surface area contributed by atoms with E-state index in [2.05, 4.69) is 58.2 Å². The third-order valence-corrected chi connectivity index (χ3v) is 5.95. The van der Waals surface area contributed by atoms with E-state index in [0.29, 0.717) is 18.1 Å². The number of nitrogens with zero attached hydrogens (tertiary/aromatic N) is 2. The van der Waals surface area contributed by atoms with E-state index < -0.39 is 0 Å². The Hall–Kier alpha value is -2.33. The summed E-state index contributed by atoms with van der Waals surface area (Å²) in [5.41, 5.74) is 3.27. The van der Waals surface area contributed by atoms with Gasteiger partial charge < -0.3 is 9.72 Å². The van der Waals surface area contributed by atoms with Crippen molar-refractivity contribution >= 4 is 10.9 Å². The van der Waals surface area contributed by atoms with Gasteiger partial charge in [-0.2, -0.15) is 0 Å². The molecule has 3 fully saturated rings.